The van der Waals surface area contributed by atoms with Gasteiger partial charge in [0.05, 0.1) is 16.2 Å². The van der Waals surface area contributed by atoms with E-state index in [1.54, 1.807) is 0 Å². The van der Waals surface area contributed by atoms with Crippen molar-refractivity contribution in [1.29, 1.82) is 0 Å². The number of halogens is 4. The van der Waals surface area contributed by atoms with Crippen molar-refractivity contribution in [2.24, 2.45) is 0 Å². The molecule has 1 aromatic heterocycles. The van der Waals surface area contributed by atoms with Gasteiger partial charge in [-0.25, -0.2) is 16.8 Å². The first-order chi connectivity index (χ1) is 12.6. The summed E-state index contributed by atoms with van der Waals surface area (Å²) in [4.78, 5) is 10.7. The lowest BCUT2D eigenvalue weighted by atomic mass is 10.1. The first-order valence-electron chi connectivity index (χ1n) is 7.49. The number of hydrogen-bond acceptors (Lipinski definition) is 3. The highest BCUT2D eigenvalue weighted by Crippen LogP contribution is 2.31. The molecule has 27 heavy (non-hydrogen) atoms. The highest BCUT2D eigenvalue weighted by atomic mass is 32.2. The molecule has 0 spiro atoms. The Bertz CT molecular complexity index is 1080. The monoisotopic (exact) mass is 397 g/mol. The number of benzene rings is 2. The molecule has 1 heterocycles. The zero-order valence-electron chi connectivity index (χ0n) is 13.4. The Labute approximate surface area is 151 Å². The summed E-state index contributed by atoms with van der Waals surface area (Å²) in [6.45, 7) is 0. The first kappa shape index (κ1) is 18.8. The van der Waals surface area contributed by atoms with Gasteiger partial charge in [0.1, 0.15) is 5.82 Å². The molecule has 0 aliphatic heterocycles. The van der Waals surface area contributed by atoms with E-state index in [0.717, 1.165) is 34.4 Å². The Morgan fingerprint density at radius 2 is 1.52 bits per heavy atom. The smallest absolute Gasteiger partial charge is 0.298 e. The Hall–Kier alpha value is -2.94. The zero-order chi connectivity index (χ0) is 19.8. The third-order valence-electron chi connectivity index (χ3n) is 3.82. The highest BCUT2D eigenvalue weighted by molar-refractivity contribution is 7.90. The van der Waals surface area contributed by atoms with Gasteiger partial charge in [-0.15, -0.1) is 0 Å². The first-order valence-corrected chi connectivity index (χ1v) is 8.93. The lowest BCUT2D eigenvalue weighted by molar-refractivity contribution is -0.137. The number of carbonyl (C=O) groups is 1. The van der Waals surface area contributed by atoms with Crippen molar-refractivity contribution in [3.63, 3.8) is 0 Å². The van der Waals surface area contributed by atoms with Crippen molar-refractivity contribution in [2.45, 2.75) is 11.1 Å². The van der Waals surface area contributed by atoms with Crippen LogP contribution < -0.4 is 0 Å². The minimum Gasteiger partial charge on any atom is -0.298 e. The summed E-state index contributed by atoms with van der Waals surface area (Å²) in [5, 5.41) is 0. The molecule has 9 heteroatoms. The van der Waals surface area contributed by atoms with Gasteiger partial charge in [0, 0.05) is 11.8 Å². The molecule has 0 unspecified atom stereocenters. The third kappa shape index (κ3) is 3.63. The van der Waals surface area contributed by atoms with Gasteiger partial charge in [0.15, 0.2) is 6.29 Å². The molecule has 3 rings (SSSR count). The average molecular weight is 397 g/mol. The standard InChI is InChI=1S/C18H11F4NO3S/c19-15-5-1-13(2-6-15)17-9-12(11-24)10-23(17)27(25,26)16-7-3-14(4-8-16)18(20,21)22/h1-11H. The van der Waals surface area contributed by atoms with Gasteiger partial charge in [-0.3, -0.25) is 4.79 Å². The molecule has 0 fully saturated rings. The molecular weight excluding hydrogens is 386 g/mol. The maximum atomic E-state index is 13.1. The largest absolute Gasteiger partial charge is 0.416 e. The van der Waals surface area contributed by atoms with Crippen molar-refractivity contribution in [3.05, 3.63) is 77.7 Å². The van der Waals surface area contributed by atoms with Gasteiger partial charge in [0.25, 0.3) is 10.0 Å². The second-order valence-corrected chi connectivity index (χ2v) is 7.42. The van der Waals surface area contributed by atoms with Gasteiger partial charge in [-0.05, 0) is 60.2 Å². The predicted molar refractivity (Wildman–Crippen MR) is 89.2 cm³/mol. The summed E-state index contributed by atoms with van der Waals surface area (Å²) in [7, 11) is -4.28. The fourth-order valence-electron chi connectivity index (χ4n) is 2.49. The minimum absolute atomic E-state index is 0.0461. The normalized spacial score (nSPS) is 12.1. The molecule has 0 atom stereocenters. The second-order valence-electron chi connectivity index (χ2n) is 5.61. The highest BCUT2D eigenvalue weighted by Gasteiger charge is 2.31. The van der Waals surface area contributed by atoms with Gasteiger partial charge >= 0.3 is 6.18 Å². The van der Waals surface area contributed by atoms with Crippen LogP contribution in [0.4, 0.5) is 17.6 Å². The quantitative estimate of drug-likeness (QED) is 0.486. The van der Waals surface area contributed by atoms with E-state index >= 15 is 0 Å². The van der Waals surface area contributed by atoms with Crippen molar-refractivity contribution in [3.8, 4) is 11.3 Å². The molecule has 3 aromatic rings. The summed E-state index contributed by atoms with van der Waals surface area (Å²) in [5.41, 5.74) is -0.539. The Morgan fingerprint density at radius 3 is 2.04 bits per heavy atom. The van der Waals surface area contributed by atoms with Crippen LogP contribution in [0.1, 0.15) is 15.9 Å². The fourth-order valence-corrected chi connectivity index (χ4v) is 3.87. The van der Waals surface area contributed by atoms with E-state index in [0.29, 0.717) is 24.0 Å². The number of carbonyl (C=O) groups excluding carboxylic acids is 1. The summed E-state index contributed by atoms with van der Waals surface area (Å²) in [6, 6.07) is 9.21. The van der Waals surface area contributed by atoms with Crippen molar-refractivity contribution in [2.75, 3.05) is 0 Å². The molecule has 0 aliphatic carbocycles. The lowest BCUT2D eigenvalue weighted by Crippen LogP contribution is -2.14. The van der Waals surface area contributed by atoms with E-state index < -0.39 is 27.6 Å². The number of aromatic nitrogens is 1. The SMILES string of the molecule is O=Cc1cc(-c2ccc(F)cc2)n(S(=O)(=O)c2ccc(C(F)(F)F)cc2)c1. The topological polar surface area (TPSA) is 56.1 Å². The van der Waals surface area contributed by atoms with E-state index in [9.17, 15) is 30.8 Å². The number of hydrogen-bond donors (Lipinski definition) is 0. The molecule has 0 amide bonds. The van der Waals surface area contributed by atoms with E-state index in [4.69, 9.17) is 0 Å². The van der Waals surface area contributed by atoms with Crippen LogP contribution >= 0.6 is 0 Å². The Kier molecular flexibility index (Phi) is 4.64. The molecular formula is C18H11F4NO3S. The molecule has 0 bridgehead atoms. The molecule has 0 N–H and O–H groups in total. The van der Waals surface area contributed by atoms with Gasteiger partial charge < -0.3 is 0 Å². The van der Waals surface area contributed by atoms with Crippen LogP contribution in [-0.2, 0) is 16.2 Å². The second kappa shape index (κ2) is 6.66. The molecule has 0 radical (unpaired) electrons. The average Bonchev–Trinajstić information content (AvgIpc) is 3.07. The van der Waals surface area contributed by atoms with Crippen LogP contribution in [0.3, 0.4) is 0 Å². The number of aldehydes is 1. The molecule has 0 aliphatic rings. The zero-order valence-corrected chi connectivity index (χ0v) is 14.3. The Morgan fingerprint density at radius 1 is 0.926 bits per heavy atom. The Balaban J connectivity index is 2.13. The van der Waals surface area contributed by atoms with Crippen LogP contribution in [0.5, 0.6) is 0 Å². The van der Waals surface area contributed by atoms with Crippen molar-refractivity contribution in [1.82, 2.24) is 3.97 Å². The fraction of sp³-hybridized carbons (Fsp3) is 0.0556. The van der Waals surface area contributed by atoms with Crippen LogP contribution in [0, 0.1) is 5.82 Å². The maximum Gasteiger partial charge on any atom is 0.416 e. The summed E-state index contributed by atoms with van der Waals surface area (Å²) in [6.07, 6.45) is -3.11. The van der Waals surface area contributed by atoms with Crippen LogP contribution in [0.25, 0.3) is 11.3 Å². The third-order valence-corrected chi connectivity index (χ3v) is 5.51. The van der Waals surface area contributed by atoms with Crippen molar-refractivity contribution < 1.29 is 30.8 Å². The molecule has 0 saturated heterocycles. The maximum absolute atomic E-state index is 13.1. The summed E-state index contributed by atoms with van der Waals surface area (Å²) < 4.78 is 77.7. The summed E-state index contributed by atoms with van der Waals surface area (Å²) in [5.74, 6) is -0.530. The minimum atomic E-state index is -4.60. The van der Waals surface area contributed by atoms with E-state index in [1.165, 1.54) is 18.2 Å². The molecule has 4 nitrogen and oxygen atoms in total. The molecule has 0 saturated carbocycles. The van der Waals surface area contributed by atoms with Gasteiger partial charge in [0.2, 0.25) is 0 Å². The molecule has 140 valence electrons. The lowest BCUT2D eigenvalue weighted by Gasteiger charge is -2.12. The van der Waals surface area contributed by atoms with E-state index in [-0.39, 0.29) is 16.2 Å². The van der Waals surface area contributed by atoms with Gasteiger partial charge in [-0.1, -0.05) is 0 Å². The number of alkyl halides is 3. The number of nitrogens with zero attached hydrogens (tertiary/aromatic N) is 1. The molecule has 2 aromatic carbocycles. The van der Waals surface area contributed by atoms with Crippen LogP contribution in [0.2, 0.25) is 0 Å². The van der Waals surface area contributed by atoms with Crippen molar-refractivity contribution >= 4 is 16.3 Å². The van der Waals surface area contributed by atoms with Crippen LogP contribution in [0.15, 0.2) is 65.7 Å². The number of rotatable bonds is 4. The van der Waals surface area contributed by atoms with E-state index in [1.807, 2.05) is 0 Å². The van der Waals surface area contributed by atoms with Gasteiger partial charge in [-0.2, -0.15) is 13.2 Å². The van der Waals surface area contributed by atoms with Crippen LogP contribution in [-0.4, -0.2) is 18.7 Å². The van der Waals surface area contributed by atoms with E-state index in [2.05, 4.69) is 0 Å². The summed E-state index contributed by atoms with van der Waals surface area (Å²) >= 11 is 0. The predicted octanol–water partition coefficient (Wildman–Crippen LogP) is 4.36.